The molecule has 0 spiro atoms. The van der Waals surface area contributed by atoms with Gasteiger partial charge in [-0.05, 0) is 40.6 Å². The highest BCUT2D eigenvalue weighted by Crippen LogP contribution is 2.33. The van der Waals surface area contributed by atoms with E-state index in [9.17, 15) is 20.3 Å². The van der Waals surface area contributed by atoms with Gasteiger partial charge in [-0.1, -0.05) is 10.3 Å². The lowest BCUT2D eigenvalue weighted by atomic mass is 10.1. The van der Waals surface area contributed by atoms with Crippen LogP contribution in [-0.2, 0) is 4.74 Å². The van der Waals surface area contributed by atoms with Gasteiger partial charge in [0.15, 0.2) is 11.3 Å². The van der Waals surface area contributed by atoms with Crippen LogP contribution in [-0.4, -0.2) is 76.8 Å². The molecule has 5 rings (SSSR count). The van der Waals surface area contributed by atoms with Crippen LogP contribution in [0.2, 0.25) is 0 Å². The number of benzene rings is 2. The van der Waals surface area contributed by atoms with Gasteiger partial charge in [0.25, 0.3) is 5.88 Å². The van der Waals surface area contributed by atoms with Crippen molar-refractivity contribution in [3.05, 3.63) is 52.7 Å². The molecule has 0 aliphatic carbocycles. The number of hydrogen-bond donors (Lipinski definition) is 3. The molecule has 1 aliphatic heterocycles. The molecule has 34 heavy (non-hydrogen) atoms. The molecule has 176 valence electrons. The molecule has 0 amide bonds. The van der Waals surface area contributed by atoms with Crippen LogP contribution in [0.3, 0.4) is 0 Å². The number of aliphatic hydroxyl groups is 3. The molecule has 4 aromatic rings. The van der Waals surface area contributed by atoms with Crippen molar-refractivity contribution in [2.45, 2.75) is 24.6 Å². The summed E-state index contributed by atoms with van der Waals surface area (Å²) in [7, 11) is 0. The van der Waals surface area contributed by atoms with Crippen molar-refractivity contribution in [3.8, 4) is 23.1 Å². The first kappa shape index (κ1) is 21.7. The van der Waals surface area contributed by atoms with Crippen molar-refractivity contribution >= 4 is 16.7 Å². The molecule has 2 aromatic heterocycles. The number of nitrogens with zero attached hydrogens (tertiary/aromatic N) is 6. The number of non-ortho nitro benzene ring substituents is 1. The van der Waals surface area contributed by atoms with E-state index in [1.807, 2.05) is 0 Å². The molecule has 4 atom stereocenters. The van der Waals surface area contributed by atoms with Gasteiger partial charge in [0.1, 0.15) is 24.1 Å². The molecule has 1 saturated heterocycles. The van der Waals surface area contributed by atoms with Gasteiger partial charge in [0, 0.05) is 6.07 Å². The summed E-state index contributed by atoms with van der Waals surface area (Å²) in [5.74, 6) is 0.663. The second kappa shape index (κ2) is 8.64. The monoisotopic (exact) mass is 472 g/mol. The quantitative estimate of drug-likeness (QED) is 0.245. The van der Waals surface area contributed by atoms with E-state index >= 15 is 0 Å². The fraction of sp³-hybridized carbons (Fsp3) is 0.263. The molecular formula is C19H16N6O9. The average molecular weight is 472 g/mol. The Kier molecular flexibility index (Phi) is 5.50. The number of fused-ring (bicyclic) bond motifs is 1. The van der Waals surface area contributed by atoms with E-state index in [1.54, 1.807) is 24.3 Å². The second-order valence-electron chi connectivity index (χ2n) is 7.22. The maximum absolute atomic E-state index is 11.1. The Morgan fingerprint density at radius 2 is 1.85 bits per heavy atom. The maximum Gasteiger partial charge on any atom is 0.301 e. The first-order chi connectivity index (χ1) is 16.4. The first-order valence-electron chi connectivity index (χ1n) is 9.84. The third-order valence-electron chi connectivity index (χ3n) is 5.09. The van der Waals surface area contributed by atoms with Crippen molar-refractivity contribution < 1.29 is 39.1 Å². The zero-order valence-electron chi connectivity index (χ0n) is 17.0. The molecule has 1 aliphatic rings. The molecule has 0 unspecified atom stereocenters. The van der Waals surface area contributed by atoms with E-state index in [4.69, 9.17) is 19.3 Å². The molecule has 1 fully saturated rings. The van der Waals surface area contributed by atoms with Gasteiger partial charge in [-0.2, -0.15) is 0 Å². The molecule has 15 nitrogen and oxygen atoms in total. The van der Waals surface area contributed by atoms with Crippen molar-refractivity contribution in [1.82, 2.24) is 25.3 Å². The van der Waals surface area contributed by atoms with Crippen LogP contribution in [0.25, 0.3) is 16.7 Å². The topological polar surface area (TPSA) is 201 Å². The van der Waals surface area contributed by atoms with Gasteiger partial charge in [0.2, 0.25) is 11.8 Å². The Labute approximate surface area is 188 Å². The normalized spacial score (nSPS) is 22.2. The summed E-state index contributed by atoms with van der Waals surface area (Å²) in [6.07, 6.45) is -3.39. The Bertz CT molecular complexity index is 1320. The smallest absolute Gasteiger partial charge is 0.301 e. The maximum atomic E-state index is 11.1. The lowest BCUT2D eigenvalue weighted by Crippen LogP contribution is -2.35. The Morgan fingerprint density at radius 3 is 2.56 bits per heavy atom. The van der Waals surface area contributed by atoms with E-state index in [1.165, 1.54) is 23.0 Å². The zero-order chi connectivity index (χ0) is 23.8. The Balaban J connectivity index is 1.29. The van der Waals surface area contributed by atoms with Gasteiger partial charge in [0.05, 0.1) is 23.4 Å². The summed E-state index contributed by atoms with van der Waals surface area (Å²) >= 11 is 0. The van der Waals surface area contributed by atoms with Crippen LogP contribution in [0, 0.1) is 10.1 Å². The molecule has 3 heterocycles. The van der Waals surface area contributed by atoms with Crippen molar-refractivity contribution in [1.29, 1.82) is 0 Å². The number of hydrogen-bond acceptors (Lipinski definition) is 13. The van der Waals surface area contributed by atoms with E-state index in [2.05, 4.69) is 25.3 Å². The van der Waals surface area contributed by atoms with Gasteiger partial charge in [-0.3, -0.25) is 10.1 Å². The largest absolute Gasteiger partial charge is 0.455 e. The lowest BCUT2D eigenvalue weighted by Gasteiger charge is -2.14. The third-order valence-corrected chi connectivity index (χ3v) is 5.09. The second-order valence-corrected chi connectivity index (χ2v) is 7.22. The molecule has 15 heteroatoms. The average Bonchev–Trinajstić information content (AvgIpc) is 3.56. The minimum atomic E-state index is -1.36. The lowest BCUT2D eigenvalue weighted by molar-refractivity contribution is -0.383. The van der Waals surface area contributed by atoms with Crippen LogP contribution in [0.4, 0.5) is 5.69 Å². The SMILES string of the molecule is O=[N+]([O-])c1ccc(Oc2ccc(-n3cc(O[C@@H]4O[C@H](CO)[C@@H](O)[C@H]4O)nn3)cc2)c2nonc12. The standard InChI is InChI=1S/C19H16N6O9/c26-8-13-17(27)18(28)19(32-13)33-14-7-24(23-20-14)9-1-3-10(4-2-9)31-12-6-5-11(25(29)30)15-16(12)22-34-21-15/h1-7,13,17-19,26-28H,8H2/t13-,17-,18-,19+/m1/s1. The van der Waals surface area contributed by atoms with Crippen molar-refractivity contribution in [3.63, 3.8) is 0 Å². The van der Waals surface area contributed by atoms with Crippen LogP contribution in [0.15, 0.2) is 47.2 Å². The molecule has 2 aromatic carbocycles. The summed E-state index contributed by atoms with van der Waals surface area (Å²) in [5.41, 5.74) is 0.428. The summed E-state index contributed by atoms with van der Waals surface area (Å²) < 4.78 is 22.5. The number of nitro benzene ring substituents is 1. The first-order valence-corrected chi connectivity index (χ1v) is 9.84. The number of ether oxygens (including phenoxy) is 3. The summed E-state index contributed by atoms with van der Waals surface area (Å²) in [6.45, 7) is -0.474. The summed E-state index contributed by atoms with van der Waals surface area (Å²) in [5, 5.41) is 55.0. The predicted octanol–water partition coefficient (Wildman–Crippen LogP) is 0.322. The van der Waals surface area contributed by atoms with Gasteiger partial charge < -0.3 is 29.5 Å². The van der Waals surface area contributed by atoms with Crippen LogP contribution >= 0.6 is 0 Å². The van der Waals surface area contributed by atoms with Gasteiger partial charge >= 0.3 is 5.69 Å². The minimum Gasteiger partial charge on any atom is -0.455 e. The fourth-order valence-corrected chi connectivity index (χ4v) is 3.36. The zero-order valence-corrected chi connectivity index (χ0v) is 17.0. The van der Waals surface area contributed by atoms with Crippen molar-refractivity contribution in [2.24, 2.45) is 0 Å². The Hall–Kier alpha value is -4.18. The Morgan fingerprint density at radius 1 is 1.09 bits per heavy atom. The van der Waals surface area contributed by atoms with Crippen LogP contribution < -0.4 is 9.47 Å². The predicted molar refractivity (Wildman–Crippen MR) is 108 cm³/mol. The number of rotatable bonds is 7. The number of aromatic nitrogens is 5. The highest BCUT2D eigenvalue weighted by Gasteiger charge is 2.44. The molecule has 3 N–H and O–H groups in total. The minimum absolute atomic E-state index is 0.0246. The highest BCUT2D eigenvalue weighted by molar-refractivity contribution is 5.88. The van der Waals surface area contributed by atoms with E-state index < -0.39 is 36.1 Å². The molecule has 0 saturated carbocycles. The third kappa shape index (κ3) is 3.88. The summed E-state index contributed by atoms with van der Waals surface area (Å²) in [6, 6.07) is 9.25. The number of aliphatic hydroxyl groups excluding tert-OH is 3. The van der Waals surface area contributed by atoms with E-state index in [0.717, 1.165) is 0 Å². The van der Waals surface area contributed by atoms with Crippen LogP contribution in [0.5, 0.6) is 17.4 Å². The highest BCUT2D eigenvalue weighted by atomic mass is 16.7. The molecule has 0 bridgehead atoms. The summed E-state index contributed by atoms with van der Waals surface area (Å²) in [4.78, 5) is 10.5. The van der Waals surface area contributed by atoms with E-state index in [-0.39, 0.29) is 28.4 Å². The van der Waals surface area contributed by atoms with Gasteiger partial charge in [-0.15, -0.1) is 0 Å². The fourth-order valence-electron chi connectivity index (χ4n) is 3.36. The molecule has 0 radical (unpaired) electrons. The number of nitro groups is 1. The van der Waals surface area contributed by atoms with Gasteiger partial charge in [-0.25, -0.2) is 9.31 Å². The van der Waals surface area contributed by atoms with E-state index in [0.29, 0.717) is 11.4 Å². The molecular weight excluding hydrogens is 456 g/mol. The van der Waals surface area contributed by atoms with Crippen LogP contribution in [0.1, 0.15) is 0 Å². The van der Waals surface area contributed by atoms with Crippen molar-refractivity contribution in [2.75, 3.05) is 6.61 Å².